The molecular weight excluding hydrogens is 405 g/mol. The molecule has 4 rings (SSSR count). The highest BCUT2D eigenvalue weighted by Crippen LogP contribution is 2.44. The van der Waals surface area contributed by atoms with E-state index in [1.54, 1.807) is 13.2 Å². The number of rotatable bonds is 6. The highest BCUT2D eigenvalue weighted by atomic mass is 19.1. The lowest BCUT2D eigenvalue weighted by Gasteiger charge is -2.40. The van der Waals surface area contributed by atoms with Crippen LogP contribution >= 0.6 is 0 Å². The van der Waals surface area contributed by atoms with Gasteiger partial charge in [-0.05, 0) is 85.1 Å². The van der Waals surface area contributed by atoms with E-state index < -0.39 is 12.1 Å². The van der Waals surface area contributed by atoms with E-state index in [4.69, 9.17) is 4.74 Å². The summed E-state index contributed by atoms with van der Waals surface area (Å²) in [6.45, 7) is 3.48. The number of carbonyl (C=O) groups excluding carboxylic acids is 1. The monoisotopic (exact) mass is 431 g/mol. The van der Waals surface area contributed by atoms with E-state index in [1.165, 1.54) is 19.1 Å². The minimum absolute atomic E-state index is 0.0511. The van der Waals surface area contributed by atoms with Crippen LogP contribution in [-0.2, 0) is 4.79 Å². The van der Waals surface area contributed by atoms with E-state index in [1.807, 2.05) is 61.5 Å². The first kappa shape index (κ1) is 21.8. The van der Waals surface area contributed by atoms with E-state index in [2.05, 4.69) is 4.90 Å². The van der Waals surface area contributed by atoms with Crippen molar-refractivity contribution < 1.29 is 19.0 Å². The molecule has 2 unspecified atom stereocenters. The molecule has 0 radical (unpaired) electrons. The number of nitrogens with zero attached hydrogens (tertiary/aromatic N) is 1. The van der Waals surface area contributed by atoms with E-state index >= 15 is 0 Å². The molecule has 0 bridgehead atoms. The van der Waals surface area contributed by atoms with Gasteiger partial charge >= 0.3 is 0 Å². The summed E-state index contributed by atoms with van der Waals surface area (Å²) in [7, 11) is 1.62. The van der Waals surface area contributed by atoms with Crippen LogP contribution in [0.25, 0.3) is 11.8 Å². The Hall–Kier alpha value is -3.44. The maximum atomic E-state index is 14.3. The van der Waals surface area contributed by atoms with Gasteiger partial charge in [0.15, 0.2) is 5.78 Å². The number of aliphatic hydroxyl groups is 1. The zero-order chi connectivity index (χ0) is 22.8. The van der Waals surface area contributed by atoms with Crippen LogP contribution < -0.4 is 9.64 Å². The molecule has 4 nitrogen and oxygen atoms in total. The van der Waals surface area contributed by atoms with Crippen LogP contribution in [0.3, 0.4) is 0 Å². The van der Waals surface area contributed by atoms with Gasteiger partial charge in [-0.15, -0.1) is 0 Å². The molecular formula is C27H26FNO3. The number of hydrogen-bond donors (Lipinski definition) is 1. The Morgan fingerprint density at radius 2 is 1.78 bits per heavy atom. The van der Waals surface area contributed by atoms with Gasteiger partial charge in [0.25, 0.3) is 0 Å². The molecule has 0 spiro atoms. The number of halogens is 1. The molecule has 1 aliphatic rings. The third kappa shape index (κ3) is 4.30. The molecule has 0 aromatic heterocycles. The van der Waals surface area contributed by atoms with Gasteiger partial charge in [0, 0.05) is 17.8 Å². The Morgan fingerprint density at radius 1 is 1.09 bits per heavy atom. The number of hydrogen-bond acceptors (Lipinski definition) is 4. The van der Waals surface area contributed by atoms with Gasteiger partial charge in [-0.2, -0.15) is 0 Å². The number of anilines is 1. The van der Waals surface area contributed by atoms with Gasteiger partial charge in [0.2, 0.25) is 0 Å². The van der Waals surface area contributed by atoms with Crippen molar-refractivity contribution in [3.8, 4) is 5.75 Å². The first-order chi connectivity index (χ1) is 15.4. The second-order valence-corrected chi connectivity index (χ2v) is 8.10. The standard InChI is InChI=1S/C27H26FNO3/c1-17-4-10-22(11-5-17)29-25(19-7-12-23(32-3)13-8-19)14-20-6-9-21(28)15-24(20)26(29)16-27(31)18(2)30/h4-15,18,26,30H,16H2,1-3H3. The van der Waals surface area contributed by atoms with Gasteiger partial charge in [-0.3, -0.25) is 4.79 Å². The van der Waals surface area contributed by atoms with Crippen molar-refractivity contribution >= 4 is 23.2 Å². The lowest BCUT2D eigenvalue weighted by molar-refractivity contribution is -0.126. The summed E-state index contributed by atoms with van der Waals surface area (Å²) in [5.41, 5.74) is 5.40. The van der Waals surface area contributed by atoms with Crippen LogP contribution in [0.4, 0.5) is 10.1 Å². The van der Waals surface area contributed by atoms with Crippen LogP contribution in [0.2, 0.25) is 0 Å². The number of methoxy groups -OCH3 is 1. The maximum Gasteiger partial charge on any atom is 0.163 e. The fourth-order valence-electron chi connectivity index (χ4n) is 4.06. The molecule has 32 heavy (non-hydrogen) atoms. The molecule has 3 aromatic rings. The van der Waals surface area contributed by atoms with E-state index in [0.717, 1.165) is 39.4 Å². The van der Waals surface area contributed by atoms with Crippen molar-refractivity contribution in [3.05, 3.63) is 94.8 Å². The highest BCUT2D eigenvalue weighted by molar-refractivity contribution is 5.95. The number of benzene rings is 3. The van der Waals surface area contributed by atoms with Crippen LogP contribution in [0, 0.1) is 12.7 Å². The summed E-state index contributed by atoms with van der Waals surface area (Å²) in [4.78, 5) is 14.7. The molecule has 164 valence electrons. The number of Topliss-reactive ketones (excluding diaryl/α,β-unsaturated/α-hetero) is 1. The topological polar surface area (TPSA) is 49.8 Å². The molecule has 1 aliphatic heterocycles. The Balaban J connectivity index is 1.92. The normalized spacial score (nSPS) is 16.2. The van der Waals surface area contributed by atoms with Gasteiger partial charge in [-0.1, -0.05) is 23.8 Å². The van der Waals surface area contributed by atoms with Crippen molar-refractivity contribution in [2.24, 2.45) is 0 Å². The number of carbonyl (C=O) groups is 1. The summed E-state index contributed by atoms with van der Waals surface area (Å²) in [6, 6.07) is 19.9. The van der Waals surface area contributed by atoms with Gasteiger partial charge < -0.3 is 14.7 Å². The molecule has 0 amide bonds. The molecule has 3 aromatic carbocycles. The number of aryl methyl sites for hydroxylation is 1. The number of ketones is 1. The minimum atomic E-state index is -1.10. The van der Waals surface area contributed by atoms with E-state index in [0.29, 0.717) is 0 Å². The summed E-state index contributed by atoms with van der Waals surface area (Å²) in [6.07, 6.45) is 0.970. The zero-order valence-corrected chi connectivity index (χ0v) is 18.4. The first-order valence-corrected chi connectivity index (χ1v) is 10.6. The molecule has 0 saturated heterocycles. The second-order valence-electron chi connectivity index (χ2n) is 8.10. The number of ether oxygens (including phenoxy) is 1. The fraction of sp³-hybridized carbons (Fsp3) is 0.222. The largest absolute Gasteiger partial charge is 0.497 e. The van der Waals surface area contributed by atoms with E-state index in [9.17, 15) is 14.3 Å². The maximum absolute atomic E-state index is 14.3. The molecule has 0 saturated carbocycles. The van der Waals surface area contributed by atoms with Crippen molar-refractivity contribution in [3.63, 3.8) is 0 Å². The van der Waals surface area contributed by atoms with Crippen LogP contribution in [0.1, 0.15) is 41.6 Å². The summed E-state index contributed by atoms with van der Waals surface area (Å²) < 4.78 is 19.6. The number of aliphatic hydroxyl groups excluding tert-OH is 1. The van der Waals surface area contributed by atoms with Crippen molar-refractivity contribution in [2.75, 3.05) is 12.0 Å². The van der Waals surface area contributed by atoms with Gasteiger partial charge in [0.1, 0.15) is 17.7 Å². The quantitative estimate of drug-likeness (QED) is 0.557. The first-order valence-electron chi connectivity index (χ1n) is 10.6. The van der Waals surface area contributed by atoms with Crippen molar-refractivity contribution in [1.29, 1.82) is 0 Å². The smallest absolute Gasteiger partial charge is 0.163 e. The fourth-order valence-corrected chi connectivity index (χ4v) is 4.06. The van der Waals surface area contributed by atoms with Crippen LogP contribution in [0.5, 0.6) is 5.75 Å². The third-order valence-electron chi connectivity index (χ3n) is 5.83. The molecule has 0 fully saturated rings. The van der Waals surface area contributed by atoms with Crippen LogP contribution in [0.15, 0.2) is 66.7 Å². The highest BCUT2D eigenvalue weighted by Gasteiger charge is 2.33. The summed E-state index contributed by atoms with van der Waals surface area (Å²) in [5, 5.41) is 9.92. The summed E-state index contributed by atoms with van der Waals surface area (Å²) >= 11 is 0. The van der Waals surface area contributed by atoms with E-state index in [-0.39, 0.29) is 18.0 Å². The second kappa shape index (κ2) is 8.97. The Morgan fingerprint density at radius 3 is 2.41 bits per heavy atom. The summed E-state index contributed by atoms with van der Waals surface area (Å²) in [5.74, 6) is 0.0945. The molecule has 2 atom stereocenters. The van der Waals surface area contributed by atoms with Crippen LogP contribution in [-0.4, -0.2) is 24.1 Å². The Bertz CT molecular complexity index is 1150. The van der Waals surface area contributed by atoms with Crippen molar-refractivity contribution in [2.45, 2.75) is 32.4 Å². The molecule has 1 heterocycles. The van der Waals surface area contributed by atoms with Crippen molar-refractivity contribution in [1.82, 2.24) is 0 Å². The third-order valence-corrected chi connectivity index (χ3v) is 5.83. The average Bonchev–Trinajstić information content (AvgIpc) is 2.79. The predicted molar refractivity (Wildman–Crippen MR) is 125 cm³/mol. The average molecular weight is 432 g/mol. The zero-order valence-electron chi connectivity index (χ0n) is 18.4. The molecule has 1 N–H and O–H groups in total. The molecule has 0 aliphatic carbocycles. The van der Waals surface area contributed by atoms with Gasteiger partial charge in [0.05, 0.1) is 13.2 Å². The molecule has 5 heteroatoms. The lowest BCUT2D eigenvalue weighted by Crippen LogP contribution is -2.34. The Kier molecular flexibility index (Phi) is 6.10. The lowest BCUT2D eigenvalue weighted by atomic mass is 9.87. The SMILES string of the molecule is COc1ccc(C2=Cc3ccc(F)cc3C(CC(=O)C(C)O)N2c2ccc(C)cc2)cc1. The Labute approximate surface area is 187 Å². The predicted octanol–water partition coefficient (Wildman–Crippen LogP) is 5.54. The minimum Gasteiger partial charge on any atom is -0.497 e. The number of fused-ring (bicyclic) bond motifs is 1. The van der Waals surface area contributed by atoms with Gasteiger partial charge in [-0.25, -0.2) is 4.39 Å².